The molecule has 3 aliphatic rings. The van der Waals surface area contributed by atoms with Gasteiger partial charge < -0.3 is 24.4 Å². The molecule has 2 aliphatic heterocycles. The topological polar surface area (TPSA) is 89.7 Å². The Hall–Kier alpha value is -2.78. The third-order valence-corrected chi connectivity index (χ3v) is 7.29. The van der Waals surface area contributed by atoms with Crippen molar-refractivity contribution >= 4 is 17.6 Å². The van der Waals surface area contributed by atoms with E-state index in [0.29, 0.717) is 54.6 Å². The summed E-state index contributed by atoms with van der Waals surface area (Å²) in [6.45, 7) is 6.85. The molecule has 4 rings (SSSR count). The quantitative estimate of drug-likeness (QED) is 0.223. The molecule has 0 saturated heterocycles. The van der Waals surface area contributed by atoms with Crippen molar-refractivity contribution in [3.8, 4) is 0 Å². The molecule has 36 heavy (non-hydrogen) atoms. The van der Waals surface area contributed by atoms with E-state index in [2.05, 4.69) is 5.28 Å². The number of rotatable bonds is 6. The summed E-state index contributed by atoms with van der Waals surface area (Å²) >= 11 is 6.04. The Morgan fingerprint density at radius 2 is 1.89 bits per heavy atom. The smallest absolute Gasteiger partial charge is 0.314 e. The number of carbonyl (C=O) groups excluding carboxylic acids is 1. The van der Waals surface area contributed by atoms with Crippen molar-refractivity contribution in [3.63, 3.8) is 0 Å². The van der Waals surface area contributed by atoms with Crippen LogP contribution in [0.4, 0.5) is 0 Å². The summed E-state index contributed by atoms with van der Waals surface area (Å²) in [6, 6.07) is 7.64. The largest absolute Gasteiger partial charge is 0.569 e. The van der Waals surface area contributed by atoms with Gasteiger partial charge in [-0.1, -0.05) is 23.7 Å². The monoisotopic (exact) mass is 518 g/mol. The average molecular weight is 519 g/mol. The van der Waals surface area contributed by atoms with Crippen molar-refractivity contribution in [1.82, 2.24) is 9.91 Å². The molecular formula is C26H35ClN4O5. The van der Waals surface area contributed by atoms with Crippen LogP contribution in [0.1, 0.15) is 58.1 Å². The van der Waals surface area contributed by atoms with Crippen LogP contribution < -0.4 is 0 Å². The van der Waals surface area contributed by atoms with Gasteiger partial charge in [-0.25, -0.2) is 0 Å². The first-order valence-electron chi connectivity index (χ1n) is 12.3. The molecular weight excluding hydrogens is 484 g/mol. The number of carbonyl (C=O) groups is 1. The molecule has 0 unspecified atom stereocenters. The zero-order valence-corrected chi connectivity index (χ0v) is 22.3. The van der Waals surface area contributed by atoms with Gasteiger partial charge in [0.15, 0.2) is 5.76 Å². The van der Waals surface area contributed by atoms with Crippen LogP contribution in [0.3, 0.4) is 0 Å². The van der Waals surface area contributed by atoms with E-state index < -0.39 is 0 Å². The molecule has 0 amide bonds. The molecule has 1 fully saturated rings. The molecule has 10 heteroatoms. The van der Waals surface area contributed by atoms with E-state index in [1.54, 1.807) is 7.05 Å². The van der Waals surface area contributed by atoms with Crippen molar-refractivity contribution in [2.45, 2.75) is 64.2 Å². The Morgan fingerprint density at radius 3 is 2.53 bits per heavy atom. The summed E-state index contributed by atoms with van der Waals surface area (Å²) in [5, 5.41) is 18.0. The van der Waals surface area contributed by atoms with Crippen LogP contribution >= 0.6 is 11.6 Å². The number of benzene rings is 1. The maximum Gasteiger partial charge on any atom is 0.314 e. The van der Waals surface area contributed by atoms with Crippen LogP contribution in [0.25, 0.3) is 0 Å². The van der Waals surface area contributed by atoms with Crippen LogP contribution in [0, 0.1) is 11.1 Å². The normalized spacial score (nSPS) is 24.8. The summed E-state index contributed by atoms with van der Waals surface area (Å²) in [5.41, 5.74) is 2.70. The predicted molar refractivity (Wildman–Crippen MR) is 134 cm³/mol. The van der Waals surface area contributed by atoms with Gasteiger partial charge in [0.05, 0.1) is 30.1 Å². The number of esters is 1. The molecule has 1 saturated carbocycles. The standard InChI is InChI=1S/C26H35ClN4O5/c1-26(2,3)30(5)31(33)28-36-20-12-8-18(9-13-20)25(32)35-23-15-29(4)14-21-22(23)16-34-24(21)17-6-10-19(27)11-7-17/h6-7,10-11,15,18,20,24H,8-9,12-14,16H2,1-5H3/b31-28-/t18?,20?,24-/m0/s1. The zero-order valence-electron chi connectivity index (χ0n) is 21.6. The van der Waals surface area contributed by atoms with Crippen molar-refractivity contribution < 1.29 is 24.1 Å². The van der Waals surface area contributed by atoms with E-state index in [1.165, 1.54) is 5.01 Å². The van der Waals surface area contributed by atoms with Gasteiger partial charge in [-0.3, -0.25) is 4.79 Å². The number of hydrogen-bond acceptors (Lipinski definition) is 7. The Labute approximate surface area is 217 Å². The summed E-state index contributed by atoms with van der Waals surface area (Å²) in [5.74, 6) is 0.0875. The molecule has 1 aliphatic carbocycles. The lowest BCUT2D eigenvalue weighted by atomic mass is 9.87. The van der Waals surface area contributed by atoms with Gasteiger partial charge in [-0.15, -0.1) is 5.01 Å². The van der Waals surface area contributed by atoms with Crippen molar-refractivity contribution in [2.24, 2.45) is 11.2 Å². The molecule has 1 aromatic carbocycles. The van der Waals surface area contributed by atoms with Gasteiger partial charge in [-0.2, -0.15) is 0 Å². The van der Waals surface area contributed by atoms with Gasteiger partial charge in [0, 0.05) is 30.4 Å². The molecule has 0 bridgehead atoms. The van der Waals surface area contributed by atoms with E-state index in [1.807, 2.05) is 63.2 Å². The summed E-state index contributed by atoms with van der Waals surface area (Å²) in [7, 11) is 3.62. The highest BCUT2D eigenvalue weighted by atomic mass is 35.5. The van der Waals surface area contributed by atoms with E-state index >= 15 is 0 Å². The highest BCUT2D eigenvalue weighted by Crippen LogP contribution is 2.41. The predicted octanol–water partition coefficient (Wildman–Crippen LogP) is 5.14. The minimum absolute atomic E-state index is 0.184. The number of nitrogens with zero attached hydrogens (tertiary/aromatic N) is 4. The van der Waals surface area contributed by atoms with Gasteiger partial charge in [0.2, 0.25) is 5.28 Å². The molecule has 1 aromatic rings. The molecule has 1 atom stereocenters. The van der Waals surface area contributed by atoms with E-state index in [4.69, 9.17) is 25.9 Å². The van der Waals surface area contributed by atoms with Gasteiger partial charge >= 0.3 is 5.97 Å². The second-order valence-electron chi connectivity index (χ2n) is 10.7. The number of likely N-dealkylation sites (N-methyl/N-ethyl adjacent to an activating group) is 1. The highest BCUT2D eigenvalue weighted by Gasteiger charge is 2.36. The zero-order chi connectivity index (χ0) is 26.0. The van der Waals surface area contributed by atoms with Crippen LogP contribution in [-0.2, 0) is 19.1 Å². The maximum absolute atomic E-state index is 13.0. The van der Waals surface area contributed by atoms with Crippen LogP contribution in [0.5, 0.6) is 0 Å². The van der Waals surface area contributed by atoms with E-state index in [0.717, 1.165) is 16.7 Å². The highest BCUT2D eigenvalue weighted by molar-refractivity contribution is 6.30. The van der Waals surface area contributed by atoms with Crippen LogP contribution in [-0.4, -0.2) is 59.7 Å². The molecule has 0 radical (unpaired) electrons. The fourth-order valence-corrected chi connectivity index (χ4v) is 4.68. The van der Waals surface area contributed by atoms with Crippen molar-refractivity contribution in [3.05, 3.63) is 63.2 Å². The minimum atomic E-state index is -0.369. The Balaban J connectivity index is 1.34. The first-order valence-corrected chi connectivity index (χ1v) is 12.7. The second kappa shape index (κ2) is 10.7. The Morgan fingerprint density at radius 1 is 1.22 bits per heavy atom. The van der Waals surface area contributed by atoms with Crippen LogP contribution in [0.15, 0.2) is 52.6 Å². The Kier molecular flexibility index (Phi) is 7.80. The summed E-state index contributed by atoms with van der Waals surface area (Å²) in [4.78, 5) is 21.0. The lowest BCUT2D eigenvalue weighted by Crippen LogP contribution is -2.42. The Bertz CT molecular complexity index is 1060. The lowest BCUT2D eigenvalue weighted by molar-refractivity contribution is -0.720. The van der Waals surface area contributed by atoms with Crippen LogP contribution in [0.2, 0.25) is 5.02 Å². The fraction of sp³-hybridized carbons (Fsp3) is 0.577. The number of halogens is 1. The second-order valence-corrected chi connectivity index (χ2v) is 11.1. The van der Waals surface area contributed by atoms with Gasteiger partial charge in [0.1, 0.15) is 12.2 Å². The molecule has 2 heterocycles. The first-order chi connectivity index (χ1) is 17.0. The lowest BCUT2D eigenvalue weighted by Gasteiger charge is -2.29. The molecule has 0 aromatic heterocycles. The summed E-state index contributed by atoms with van der Waals surface area (Å²) < 4.78 is 12.0. The number of hydrogen-bond donors (Lipinski definition) is 0. The third-order valence-electron chi connectivity index (χ3n) is 7.04. The summed E-state index contributed by atoms with van der Waals surface area (Å²) in [6.07, 6.45) is 3.98. The molecule has 0 N–H and O–H groups in total. The minimum Gasteiger partial charge on any atom is -0.569 e. The maximum atomic E-state index is 13.0. The third kappa shape index (κ3) is 5.95. The van der Waals surface area contributed by atoms with E-state index in [9.17, 15) is 10.0 Å². The first kappa shape index (κ1) is 26.3. The fourth-order valence-electron chi connectivity index (χ4n) is 4.56. The number of hydrazine groups is 1. The number of ether oxygens (including phenoxy) is 2. The molecule has 196 valence electrons. The molecule has 0 spiro atoms. The SMILES string of the molecule is CN1C=C(OC(=O)C2CCC(O/N=[N+](\[O-])N(C)C(C)(C)C)CC2)C2=C(C1)[C@H](c1ccc(Cl)cc1)OC2. The van der Waals surface area contributed by atoms with E-state index in [-0.39, 0.29) is 29.6 Å². The van der Waals surface area contributed by atoms with Gasteiger partial charge in [0.25, 0.3) is 0 Å². The van der Waals surface area contributed by atoms with Crippen molar-refractivity contribution in [2.75, 3.05) is 27.2 Å². The average Bonchev–Trinajstić information content (AvgIpc) is 3.26. The van der Waals surface area contributed by atoms with Gasteiger partial charge in [-0.05, 0) is 69.7 Å². The van der Waals surface area contributed by atoms with Crippen molar-refractivity contribution in [1.29, 1.82) is 0 Å². The molecule has 9 nitrogen and oxygen atoms in total.